The normalized spacial score (nSPS) is 25.7. The van der Waals surface area contributed by atoms with Crippen molar-refractivity contribution in [3.8, 4) is 0 Å². The molecule has 1 aromatic rings. The van der Waals surface area contributed by atoms with Crippen LogP contribution in [-0.2, 0) is 11.3 Å². The van der Waals surface area contributed by atoms with Gasteiger partial charge in [-0.2, -0.15) is 0 Å². The lowest BCUT2D eigenvalue weighted by Crippen LogP contribution is -2.43. The molecule has 2 nitrogen and oxygen atoms in total. The second kappa shape index (κ2) is 9.53. The van der Waals surface area contributed by atoms with Crippen LogP contribution in [0.4, 0.5) is 0 Å². The fraction of sp³-hybridized carbons (Fsp3) is 0.583. The quantitative estimate of drug-likeness (QED) is 0.573. The van der Waals surface area contributed by atoms with Gasteiger partial charge in [-0.05, 0) is 63.0 Å². The number of rotatable bonds is 8. The molecule has 0 unspecified atom stereocenters. The van der Waals surface area contributed by atoms with Crippen LogP contribution in [0, 0.1) is 11.3 Å². The van der Waals surface area contributed by atoms with E-state index in [1.54, 1.807) is 0 Å². The minimum atomic E-state index is 0.116. The smallest absolute Gasteiger partial charge is 0.0720 e. The molecule has 1 N–H and O–H groups in total. The molecule has 0 heterocycles. The van der Waals surface area contributed by atoms with E-state index in [9.17, 15) is 5.11 Å². The number of hydrogen-bond acceptors (Lipinski definition) is 2. The second-order valence-corrected chi connectivity index (χ2v) is 8.43. The van der Waals surface area contributed by atoms with Crippen LogP contribution in [0.2, 0.25) is 0 Å². The molecule has 0 saturated heterocycles. The summed E-state index contributed by atoms with van der Waals surface area (Å²) in [7, 11) is 0. The number of benzene rings is 1. The van der Waals surface area contributed by atoms with Crippen LogP contribution in [0.25, 0.3) is 0 Å². The zero-order valence-electron chi connectivity index (χ0n) is 17.1. The van der Waals surface area contributed by atoms with E-state index in [0.717, 1.165) is 25.7 Å². The van der Waals surface area contributed by atoms with Crippen LogP contribution in [-0.4, -0.2) is 17.8 Å². The van der Waals surface area contributed by atoms with Gasteiger partial charge in [0, 0.05) is 12.5 Å². The summed E-state index contributed by atoms with van der Waals surface area (Å²) >= 11 is 0. The highest BCUT2D eigenvalue weighted by Crippen LogP contribution is 2.46. The maximum Gasteiger partial charge on any atom is 0.0720 e. The topological polar surface area (TPSA) is 29.5 Å². The molecule has 3 atom stereocenters. The van der Waals surface area contributed by atoms with E-state index in [0.29, 0.717) is 6.61 Å². The predicted molar refractivity (Wildman–Crippen MR) is 110 cm³/mol. The third-order valence-corrected chi connectivity index (χ3v) is 6.15. The molecule has 26 heavy (non-hydrogen) atoms. The van der Waals surface area contributed by atoms with Gasteiger partial charge in [0.1, 0.15) is 0 Å². The van der Waals surface area contributed by atoms with E-state index in [1.807, 2.05) is 18.2 Å². The lowest BCUT2D eigenvalue weighted by atomic mass is 9.63. The SMILES string of the molecule is C=C(C)C(CC[C@]1(C)CCC[C@@H](OCc2ccccc2)[C@H]1CO)=C(C)C. The minimum Gasteiger partial charge on any atom is -0.396 e. The fourth-order valence-corrected chi connectivity index (χ4v) is 4.47. The molecule has 1 aromatic carbocycles. The molecule has 2 heteroatoms. The molecule has 1 fully saturated rings. The van der Waals surface area contributed by atoms with Crippen LogP contribution >= 0.6 is 0 Å². The van der Waals surface area contributed by atoms with Crippen molar-refractivity contribution in [1.82, 2.24) is 0 Å². The van der Waals surface area contributed by atoms with Crippen molar-refractivity contribution in [2.24, 2.45) is 11.3 Å². The monoisotopic (exact) mass is 356 g/mol. The lowest BCUT2D eigenvalue weighted by Gasteiger charge is -2.45. The van der Waals surface area contributed by atoms with E-state index in [4.69, 9.17) is 4.74 Å². The molecule has 2 rings (SSSR count). The van der Waals surface area contributed by atoms with Gasteiger partial charge in [0.05, 0.1) is 12.7 Å². The van der Waals surface area contributed by atoms with Crippen LogP contribution in [0.5, 0.6) is 0 Å². The van der Waals surface area contributed by atoms with Gasteiger partial charge in [-0.15, -0.1) is 0 Å². The predicted octanol–water partition coefficient (Wildman–Crippen LogP) is 6.06. The Balaban J connectivity index is 2.05. The van der Waals surface area contributed by atoms with Crippen LogP contribution in [0.3, 0.4) is 0 Å². The Morgan fingerprint density at radius 1 is 1.23 bits per heavy atom. The first kappa shape index (κ1) is 20.9. The molecule has 0 radical (unpaired) electrons. The Bertz CT molecular complexity index is 612. The Hall–Kier alpha value is -1.38. The van der Waals surface area contributed by atoms with E-state index in [2.05, 4.69) is 46.4 Å². The molecule has 0 amide bonds. The number of aliphatic hydroxyl groups excluding tert-OH is 1. The molecule has 0 aliphatic heterocycles. The lowest BCUT2D eigenvalue weighted by molar-refractivity contribution is -0.0936. The van der Waals surface area contributed by atoms with Crippen molar-refractivity contribution in [3.05, 3.63) is 59.2 Å². The third kappa shape index (κ3) is 5.31. The Morgan fingerprint density at radius 3 is 2.50 bits per heavy atom. The van der Waals surface area contributed by atoms with Crippen molar-refractivity contribution in [2.75, 3.05) is 6.61 Å². The van der Waals surface area contributed by atoms with Crippen LogP contribution in [0.15, 0.2) is 53.6 Å². The van der Waals surface area contributed by atoms with Gasteiger partial charge in [-0.3, -0.25) is 0 Å². The van der Waals surface area contributed by atoms with Crippen LogP contribution in [0.1, 0.15) is 65.4 Å². The molecular weight excluding hydrogens is 320 g/mol. The zero-order valence-corrected chi connectivity index (χ0v) is 17.1. The summed E-state index contributed by atoms with van der Waals surface area (Å²) in [6, 6.07) is 10.3. The van der Waals surface area contributed by atoms with Gasteiger partial charge in [0.25, 0.3) is 0 Å². The van der Waals surface area contributed by atoms with E-state index in [-0.39, 0.29) is 24.0 Å². The number of ether oxygens (including phenoxy) is 1. The van der Waals surface area contributed by atoms with Gasteiger partial charge in [-0.1, -0.05) is 61.4 Å². The molecule has 0 aromatic heterocycles. The van der Waals surface area contributed by atoms with E-state index < -0.39 is 0 Å². The molecule has 144 valence electrons. The third-order valence-electron chi connectivity index (χ3n) is 6.15. The summed E-state index contributed by atoms with van der Waals surface area (Å²) in [6.45, 7) is 13.8. The highest BCUT2D eigenvalue weighted by Gasteiger charge is 2.42. The molecule has 1 aliphatic rings. The first-order chi connectivity index (χ1) is 12.4. The molecule has 1 saturated carbocycles. The van der Waals surface area contributed by atoms with Crippen LogP contribution < -0.4 is 0 Å². The fourth-order valence-electron chi connectivity index (χ4n) is 4.47. The summed E-state index contributed by atoms with van der Waals surface area (Å²) in [5, 5.41) is 10.2. The summed E-state index contributed by atoms with van der Waals surface area (Å²) in [5.41, 5.74) is 5.22. The Morgan fingerprint density at radius 2 is 1.92 bits per heavy atom. The first-order valence-electron chi connectivity index (χ1n) is 9.96. The maximum absolute atomic E-state index is 10.2. The summed E-state index contributed by atoms with van der Waals surface area (Å²) < 4.78 is 6.28. The van der Waals surface area contributed by atoms with E-state index in [1.165, 1.54) is 28.7 Å². The van der Waals surface area contributed by atoms with E-state index >= 15 is 0 Å². The van der Waals surface area contributed by atoms with Gasteiger partial charge in [0.15, 0.2) is 0 Å². The first-order valence-corrected chi connectivity index (χ1v) is 9.96. The number of aliphatic hydroxyl groups is 1. The van der Waals surface area contributed by atoms with Crippen molar-refractivity contribution < 1.29 is 9.84 Å². The highest BCUT2D eigenvalue weighted by molar-refractivity contribution is 5.30. The highest BCUT2D eigenvalue weighted by atomic mass is 16.5. The number of allylic oxidation sites excluding steroid dienone is 3. The van der Waals surface area contributed by atoms with Crippen molar-refractivity contribution >= 4 is 0 Å². The maximum atomic E-state index is 10.2. The molecule has 0 spiro atoms. The summed E-state index contributed by atoms with van der Waals surface area (Å²) in [4.78, 5) is 0. The Kier molecular flexibility index (Phi) is 7.67. The number of hydrogen-bond donors (Lipinski definition) is 1. The standard InChI is InChI=1S/C24H36O2/c1-18(2)21(19(3)4)13-15-24(5)14-9-12-23(22(24)16-25)26-17-20-10-7-6-8-11-20/h6-8,10-11,22-23,25H,1,9,12-17H2,2-5H3/t22-,23-,24+/m1/s1. The largest absolute Gasteiger partial charge is 0.396 e. The van der Waals surface area contributed by atoms with Crippen molar-refractivity contribution in [1.29, 1.82) is 0 Å². The minimum absolute atomic E-state index is 0.116. The Labute approximate surface area is 160 Å². The van der Waals surface area contributed by atoms with Gasteiger partial charge >= 0.3 is 0 Å². The zero-order chi connectivity index (χ0) is 19.2. The molecule has 0 bridgehead atoms. The summed E-state index contributed by atoms with van der Waals surface area (Å²) in [6.07, 6.45) is 5.63. The second-order valence-electron chi connectivity index (χ2n) is 8.43. The average molecular weight is 357 g/mol. The van der Waals surface area contributed by atoms with Crippen molar-refractivity contribution in [2.45, 2.75) is 72.5 Å². The van der Waals surface area contributed by atoms with Crippen molar-refractivity contribution in [3.63, 3.8) is 0 Å². The molecular formula is C24H36O2. The van der Waals surface area contributed by atoms with Gasteiger partial charge in [-0.25, -0.2) is 0 Å². The van der Waals surface area contributed by atoms with Gasteiger partial charge < -0.3 is 9.84 Å². The molecule has 1 aliphatic carbocycles. The van der Waals surface area contributed by atoms with Gasteiger partial charge in [0.2, 0.25) is 0 Å². The average Bonchev–Trinajstić information content (AvgIpc) is 2.60. The summed E-state index contributed by atoms with van der Waals surface area (Å²) in [5.74, 6) is 0.198.